The summed E-state index contributed by atoms with van der Waals surface area (Å²) < 4.78 is 0.348. The maximum absolute atomic E-state index is 5.88. The van der Waals surface area contributed by atoms with Crippen LogP contribution in [0.5, 0.6) is 0 Å². The first-order chi connectivity index (χ1) is 8.11. The average molecular weight is 250 g/mol. The number of thioether (sulfide) groups is 1. The average Bonchev–Trinajstić information content (AvgIpc) is 2.30. The van der Waals surface area contributed by atoms with E-state index in [1.165, 1.54) is 5.56 Å². The van der Waals surface area contributed by atoms with Crippen LogP contribution in [0.15, 0.2) is 30.3 Å². The molecule has 1 aromatic rings. The Hall–Kier alpha value is -0.510. The van der Waals surface area contributed by atoms with Gasteiger partial charge in [-0.25, -0.2) is 0 Å². The summed E-state index contributed by atoms with van der Waals surface area (Å²) in [6, 6.07) is 11.2. The Bertz CT molecular complexity index is 350. The van der Waals surface area contributed by atoms with E-state index in [0.29, 0.717) is 10.8 Å². The topological polar surface area (TPSA) is 29.3 Å². The maximum Gasteiger partial charge on any atom is 0.0313 e. The molecule has 94 valence electrons. The predicted octanol–water partition coefficient (Wildman–Crippen LogP) is 2.34. The number of nitrogens with zero attached hydrogens (tertiary/aromatic N) is 1. The Morgan fingerprint density at radius 2 is 2.06 bits per heavy atom. The number of nitrogens with two attached hydrogens (primary N) is 1. The highest BCUT2D eigenvalue weighted by atomic mass is 32.2. The summed E-state index contributed by atoms with van der Waals surface area (Å²) >= 11 is 2.05. The molecule has 1 aliphatic rings. The predicted molar refractivity (Wildman–Crippen MR) is 76.2 cm³/mol. The first kappa shape index (κ1) is 12.9. The quantitative estimate of drug-likeness (QED) is 0.893. The van der Waals surface area contributed by atoms with Gasteiger partial charge in [0.1, 0.15) is 0 Å². The van der Waals surface area contributed by atoms with Gasteiger partial charge in [-0.1, -0.05) is 30.3 Å². The van der Waals surface area contributed by atoms with Crippen molar-refractivity contribution in [2.24, 2.45) is 5.73 Å². The van der Waals surface area contributed by atoms with Gasteiger partial charge in [-0.3, -0.25) is 4.90 Å². The molecule has 2 N–H and O–H groups in total. The SMILES string of the molecule is CC1(C)CN(Cc2ccccc2)C(CN)CS1. The zero-order valence-electron chi connectivity index (χ0n) is 10.7. The minimum Gasteiger partial charge on any atom is -0.329 e. The van der Waals surface area contributed by atoms with E-state index >= 15 is 0 Å². The summed E-state index contributed by atoms with van der Waals surface area (Å²) in [5.74, 6) is 1.15. The molecule has 0 saturated carbocycles. The molecule has 1 saturated heterocycles. The molecule has 1 heterocycles. The van der Waals surface area contributed by atoms with Gasteiger partial charge in [-0.05, 0) is 19.4 Å². The van der Waals surface area contributed by atoms with Crippen LogP contribution in [0.3, 0.4) is 0 Å². The summed E-state index contributed by atoms with van der Waals surface area (Å²) in [5, 5.41) is 0. The second-order valence-electron chi connectivity index (χ2n) is 5.35. The zero-order valence-corrected chi connectivity index (χ0v) is 11.5. The highest BCUT2D eigenvalue weighted by Crippen LogP contribution is 2.33. The van der Waals surface area contributed by atoms with Crippen molar-refractivity contribution in [3.05, 3.63) is 35.9 Å². The fraction of sp³-hybridized carbons (Fsp3) is 0.571. The summed E-state index contributed by atoms with van der Waals surface area (Å²) in [6.07, 6.45) is 0. The molecule has 0 aliphatic carbocycles. The van der Waals surface area contributed by atoms with Crippen LogP contribution in [0.2, 0.25) is 0 Å². The van der Waals surface area contributed by atoms with E-state index in [4.69, 9.17) is 5.73 Å². The fourth-order valence-corrected chi connectivity index (χ4v) is 3.56. The number of rotatable bonds is 3. The van der Waals surface area contributed by atoms with Crippen LogP contribution >= 0.6 is 11.8 Å². The first-order valence-electron chi connectivity index (χ1n) is 6.23. The molecule has 0 bridgehead atoms. The van der Waals surface area contributed by atoms with Gasteiger partial charge in [-0.2, -0.15) is 11.8 Å². The lowest BCUT2D eigenvalue weighted by molar-refractivity contribution is 0.183. The minimum atomic E-state index is 0.348. The van der Waals surface area contributed by atoms with Gasteiger partial charge in [0, 0.05) is 36.2 Å². The largest absolute Gasteiger partial charge is 0.329 e. The Kier molecular flexibility index (Phi) is 4.13. The molecule has 0 amide bonds. The highest BCUT2D eigenvalue weighted by molar-refractivity contribution is 8.00. The van der Waals surface area contributed by atoms with Gasteiger partial charge in [-0.15, -0.1) is 0 Å². The summed E-state index contributed by atoms with van der Waals surface area (Å²) in [4.78, 5) is 2.53. The van der Waals surface area contributed by atoms with Gasteiger partial charge in [0.15, 0.2) is 0 Å². The Morgan fingerprint density at radius 3 is 2.71 bits per heavy atom. The lowest BCUT2D eigenvalue weighted by Crippen LogP contribution is -2.51. The van der Waals surface area contributed by atoms with Crippen LogP contribution in [0, 0.1) is 0 Å². The minimum absolute atomic E-state index is 0.348. The van der Waals surface area contributed by atoms with Crippen LogP contribution in [-0.4, -0.2) is 34.5 Å². The van der Waals surface area contributed by atoms with Crippen molar-refractivity contribution in [3.8, 4) is 0 Å². The first-order valence-corrected chi connectivity index (χ1v) is 7.21. The second kappa shape index (κ2) is 5.42. The van der Waals surface area contributed by atoms with Crippen LogP contribution < -0.4 is 5.73 Å². The molecule has 3 heteroatoms. The van der Waals surface area contributed by atoms with E-state index in [1.807, 2.05) is 11.8 Å². The molecular formula is C14H22N2S. The van der Waals surface area contributed by atoms with Crippen molar-refractivity contribution >= 4 is 11.8 Å². The molecule has 0 spiro atoms. The van der Waals surface area contributed by atoms with Crippen molar-refractivity contribution in [1.29, 1.82) is 0 Å². The monoisotopic (exact) mass is 250 g/mol. The number of hydrogen-bond acceptors (Lipinski definition) is 3. The summed E-state index contributed by atoms with van der Waals surface area (Å²) in [6.45, 7) is 7.54. The Balaban J connectivity index is 2.06. The lowest BCUT2D eigenvalue weighted by Gasteiger charge is -2.43. The molecule has 0 radical (unpaired) electrons. The number of benzene rings is 1. The van der Waals surface area contributed by atoms with Crippen LogP contribution in [0.4, 0.5) is 0 Å². The van der Waals surface area contributed by atoms with Gasteiger partial charge in [0.05, 0.1) is 0 Å². The van der Waals surface area contributed by atoms with E-state index in [9.17, 15) is 0 Å². The van der Waals surface area contributed by atoms with Gasteiger partial charge >= 0.3 is 0 Å². The van der Waals surface area contributed by atoms with Crippen molar-refractivity contribution in [1.82, 2.24) is 4.90 Å². The van der Waals surface area contributed by atoms with Gasteiger partial charge in [0.25, 0.3) is 0 Å². The summed E-state index contributed by atoms with van der Waals surface area (Å²) in [7, 11) is 0. The van der Waals surface area contributed by atoms with E-state index < -0.39 is 0 Å². The summed E-state index contributed by atoms with van der Waals surface area (Å²) in [5.41, 5.74) is 7.26. The molecule has 1 aliphatic heterocycles. The Labute approximate surface area is 109 Å². The van der Waals surface area contributed by atoms with Crippen molar-refractivity contribution in [2.45, 2.75) is 31.2 Å². The van der Waals surface area contributed by atoms with Crippen LogP contribution in [0.25, 0.3) is 0 Å². The van der Waals surface area contributed by atoms with Gasteiger partial charge in [0.2, 0.25) is 0 Å². The molecular weight excluding hydrogens is 228 g/mol. The van der Waals surface area contributed by atoms with Gasteiger partial charge < -0.3 is 5.73 Å². The third-order valence-corrected chi connectivity index (χ3v) is 4.73. The number of hydrogen-bond donors (Lipinski definition) is 1. The second-order valence-corrected chi connectivity index (χ2v) is 7.08. The molecule has 2 rings (SSSR count). The maximum atomic E-state index is 5.88. The normalized spacial score (nSPS) is 24.8. The third kappa shape index (κ3) is 3.47. The lowest BCUT2D eigenvalue weighted by atomic mass is 10.1. The Morgan fingerprint density at radius 1 is 1.35 bits per heavy atom. The molecule has 1 atom stereocenters. The molecule has 17 heavy (non-hydrogen) atoms. The smallest absolute Gasteiger partial charge is 0.0313 e. The standard InChI is InChI=1S/C14H22N2S/c1-14(2)11-16(13(8-15)10-17-14)9-12-6-4-3-5-7-12/h3-7,13H,8-11,15H2,1-2H3. The van der Waals surface area contributed by atoms with E-state index in [-0.39, 0.29) is 0 Å². The fourth-order valence-electron chi connectivity index (χ4n) is 2.31. The van der Waals surface area contributed by atoms with Crippen molar-refractivity contribution in [3.63, 3.8) is 0 Å². The molecule has 1 unspecified atom stereocenters. The van der Waals surface area contributed by atoms with E-state index in [2.05, 4.69) is 49.1 Å². The zero-order chi connectivity index (χ0) is 12.3. The molecule has 0 aromatic heterocycles. The van der Waals surface area contributed by atoms with Crippen LogP contribution in [-0.2, 0) is 6.54 Å². The van der Waals surface area contributed by atoms with E-state index in [0.717, 1.165) is 25.4 Å². The molecule has 1 fully saturated rings. The molecule has 1 aromatic carbocycles. The van der Waals surface area contributed by atoms with E-state index in [1.54, 1.807) is 0 Å². The van der Waals surface area contributed by atoms with Crippen LogP contribution in [0.1, 0.15) is 19.4 Å². The highest BCUT2D eigenvalue weighted by Gasteiger charge is 2.32. The third-order valence-electron chi connectivity index (χ3n) is 3.27. The molecule has 2 nitrogen and oxygen atoms in total. The van der Waals surface area contributed by atoms with Crippen molar-refractivity contribution < 1.29 is 0 Å². The van der Waals surface area contributed by atoms with Crippen molar-refractivity contribution in [2.75, 3.05) is 18.8 Å².